The molecule has 2 aromatic rings. The van der Waals surface area contributed by atoms with E-state index in [0.717, 1.165) is 4.47 Å². The number of halogens is 4. The van der Waals surface area contributed by atoms with E-state index in [4.69, 9.17) is 5.73 Å². The zero-order chi connectivity index (χ0) is 11.9. The van der Waals surface area contributed by atoms with E-state index in [9.17, 15) is 13.2 Å². The first-order valence-corrected chi connectivity index (χ1v) is 5.27. The molecule has 2 nitrogen and oxygen atoms in total. The zero-order valence-electron chi connectivity index (χ0n) is 7.98. The Morgan fingerprint density at radius 1 is 1.31 bits per heavy atom. The highest BCUT2D eigenvalue weighted by atomic mass is 79.9. The van der Waals surface area contributed by atoms with Crippen LogP contribution in [0.2, 0.25) is 0 Å². The van der Waals surface area contributed by atoms with Crippen molar-refractivity contribution < 1.29 is 13.2 Å². The van der Waals surface area contributed by atoms with Crippen LogP contribution < -0.4 is 5.73 Å². The molecular weight excluding hydrogens is 285 g/mol. The third-order valence-electron chi connectivity index (χ3n) is 2.36. The van der Waals surface area contributed by atoms with Gasteiger partial charge in [-0.2, -0.15) is 13.2 Å². The van der Waals surface area contributed by atoms with E-state index in [1.165, 1.54) is 6.20 Å². The van der Waals surface area contributed by atoms with Gasteiger partial charge < -0.3 is 10.7 Å². The smallest absolute Gasteiger partial charge is 0.361 e. The van der Waals surface area contributed by atoms with Gasteiger partial charge in [0.25, 0.3) is 0 Å². The first kappa shape index (κ1) is 11.5. The average molecular weight is 293 g/mol. The topological polar surface area (TPSA) is 41.8 Å². The number of nitrogens with one attached hydrogen (secondary N) is 1. The molecule has 0 saturated carbocycles. The Kier molecular flexibility index (Phi) is 2.71. The molecule has 1 heterocycles. The molecule has 0 unspecified atom stereocenters. The van der Waals surface area contributed by atoms with Crippen molar-refractivity contribution in [2.75, 3.05) is 0 Å². The van der Waals surface area contributed by atoms with Crippen LogP contribution in [0.3, 0.4) is 0 Å². The molecule has 3 N–H and O–H groups in total. The predicted molar refractivity (Wildman–Crippen MR) is 59.0 cm³/mol. The number of benzene rings is 1. The minimum absolute atomic E-state index is 0.0648. The first-order valence-electron chi connectivity index (χ1n) is 4.48. The zero-order valence-corrected chi connectivity index (χ0v) is 9.56. The van der Waals surface area contributed by atoms with Crippen LogP contribution in [0.25, 0.3) is 10.9 Å². The number of aromatic amines is 1. The summed E-state index contributed by atoms with van der Waals surface area (Å²) in [6.45, 7) is 0. The van der Waals surface area contributed by atoms with Crippen LogP contribution >= 0.6 is 15.9 Å². The summed E-state index contributed by atoms with van der Waals surface area (Å²) in [5.41, 5.74) is 5.86. The van der Waals surface area contributed by atoms with Crippen molar-refractivity contribution in [2.45, 2.75) is 12.2 Å². The maximum absolute atomic E-state index is 12.5. The summed E-state index contributed by atoms with van der Waals surface area (Å²) >= 11 is 3.24. The van der Waals surface area contributed by atoms with Gasteiger partial charge in [0, 0.05) is 27.1 Å². The predicted octanol–water partition coefficient (Wildman–Crippen LogP) is 3.49. The summed E-state index contributed by atoms with van der Waals surface area (Å²) in [4.78, 5) is 2.77. The maximum atomic E-state index is 12.5. The molecular formula is C10H8BrF3N2. The summed E-state index contributed by atoms with van der Waals surface area (Å²) in [5.74, 6) is 0. The van der Waals surface area contributed by atoms with Crippen molar-refractivity contribution in [1.29, 1.82) is 0 Å². The fourth-order valence-electron chi connectivity index (χ4n) is 1.55. The van der Waals surface area contributed by atoms with Crippen LogP contribution in [0.4, 0.5) is 13.2 Å². The first-order chi connectivity index (χ1) is 7.39. The Morgan fingerprint density at radius 3 is 2.62 bits per heavy atom. The number of hydrogen-bond donors (Lipinski definition) is 2. The second kappa shape index (κ2) is 3.78. The molecule has 0 spiro atoms. The summed E-state index contributed by atoms with van der Waals surface area (Å²) in [7, 11) is 0. The number of fused-ring (bicyclic) bond motifs is 1. The minimum Gasteiger partial charge on any atom is -0.361 e. The van der Waals surface area contributed by atoms with Gasteiger partial charge in [0.2, 0.25) is 0 Å². The number of rotatable bonds is 1. The Hall–Kier alpha value is -1.01. The van der Waals surface area contributed by atoms with Gasteiger partial charge in [-0.3, -0.25) is 0 Å². The molecule has 0 amide bonds. The van der Waals surface area contributed by atoms with Gasteiger partial charge >= 0.3 is 6.18 Å². The number of H-pyrrole nitrogens is 1. The lowest BCUT2D eigenvalue weighted by atomic mass is 10.1. The largest absolute Gasteiger partial charge is 0.407 e. The van der Waals surface area contributed by atoms with E-state index >= 15 is 0 Å². The van der Waals surface area contributed by atoms with Crippen LogP contribution in [0.5, 0.6) is 0 Å². The summed E-state index contributed by atoms with van der Waals surface area (Å²) < 4.78 is 38.2. The van der Waals surface area contributed by atoms with E-state index in [0.29, 0.717) is 10.9 Å². The normalized spacial score (nSPS) is 14.3. The highest BCUT2D eigenvalue weighted by molar-refractivity contribution is 9.10. The van der Waals surface area contributed by atoms with Crippen molar-refractivity contribution >= 4 is 26.8 Å². The monoisotopic (exact) mass is 292 g/mol. The van der Waals surface area contributed by atoms with Gasteiger partial charge in [-0.15, -0.1) is 0 Å². The van der Waals surface area contributed by atoms with E-state index in [1.807, 2.05) is 0 Å². The van der Waals surface area contributed by atoms with Gasteiger partial charge in [0.1, 0.15) is 6.04 Å². The highest BCUT2D eigenvalue weighted by Gasteiger charge is 2.39. The van der Waals surface area contributed by atoms with E-state index in [-0.39, 0.29) is 5.56 Å². The van der Waals surface area contributed by atoms with E-state index in [2.05, 4.69) is 20.9 Å². The molecule has 0 fully saturated rings. The van der Waals surface area contributed by atoms with Crippen LogP contribution in [-0.4, -0.2) is 11.2 Å². The molecule has 1 aromatic heterocycles. The summed E-state index contributed by atoms with van der Waals surface area (Å²) in [6, 6.07) is 3.05. The number of alkyl halides is 3. The Morgan fingerprint density at radius 2 is 2.00 bits per heavy atom. The summed E-state index contributed by atoms with van der Waals surface area (Å²) in [6.07, 6.45) is -3.13. The molecule has 16 heavy (non-hydrogen) atoms. The lowest BCUT2D eigenvalue weighted by Crippen LogP contribution is -2.28. The quantitative estimate of drug-likeness (QED) is 0.830. The molecule has 6 heteroatoms. The molecule has 0 aliphatic carbocycles. The molecule has 0 saturated heterocycles. The second-order valence-corrected chi connectivity index (χ2v) is 4.37. The Balaban J connectivity index is 2.54. The van der Waals surface area contributed by atoms with Crippen molar-refractivity contribution in [3.8, 4) is 0 Å². The van der Waals surface area contributed by atoms with Gasteiger partial charge in [0.05, 0.1) is 0 Å². The van der Waals surface area contributed by atoms with Gasteiger partial charge in [-0.25, -0.2) is 0 Å². The van der Waals surface area contributed by atoms with Gasteiger partial charge in [0.15, 0.2) is 0 Å². The standard InChI is InChI=1S/C10H8BrF3N2/c11-5-1-2-6-7(4-16-8(6)3-5)9(15)10(12,13)14/h1-4,9,16H,15H2/t9-/m0/s1. The minimum atomic E-state index is -4.43. The van der Waals surface area contributed by atoms with Crippen LogP contribution in [0, 0.1) is 0 Å². The van der Waals surface area contributed by atoms with Crippen LogP contribution in [0.15, 0.2) is 28.9 Å². The third kappa shape index (κ3) is 1.94. The molecule has 0 aliphatic heterocycles. The second-order valence-electron chi connectivity index (χ2n) is 3.45. The fraction of sp³-hybridized carbons (Fsp3) is 0.200. The highest BCUT2D eigenvalue weighted by Crippen LogP contribution is 2.34. The van der Waals surface area contributed by atoms with Crippen LogP contribution in [0.1, 0.15) is 11.6 Å². The maximum Gasteiger partial charge on any atom is 0.407 e. The van der Waals surface area contributed by atoms with Gasteiger partial charge in [-0.1, -0.05) is 22.0 Å². The molecule has 0 radical (unpaired) electrons. The third-order valence-corrected chi connectivity index (χ3v) is 2.86. The molecule has 1 aromatic carbocycles. The summed E-state index contributed by atoms with van der Waals surface area (Å²) in [5, 5.41) is 0.494. The molecule has 2 rings (SSSR count). The Labute approximate surface area is 97.8 Å². The van der Waals surface area contributed by atoms with Crippen molar-refractivity contribution in [3.05, 3.63) is 34.4 Å². The van der Waals surface area contributed by atoms with E-state index < -0.39 is 12.2 Å². The van der Waals surface area contributed by atoms with Crippen molar-refractivity contribution in [1.82, 2.24) is 4.98 Å². The number of aromatic nitrogens is 1. The van der Waals surface area contributed by atoms with Crippen LogP contribution in [-0.2, 0) is 0 Å². The van der Waals surface area contributed by atoms with Gasteiger partial charge in [-0.05, 0) is 12.1 Å². The number of hydrogen-bond acceptors (Lipinski definition) is 1. The lowest BCUT2D eigenvalue weighted by molar-refractivity contribution is -0.148. The fourth-order valence-corrected chi connectivity index (χ4v) is 1.92. The molecule has 1 atom stereocenters. The molecule has 0 aliphatic rings. The molecule has 86 valence electrons. The average Bonchev–Trinajstić information content (AvgIpc) is 2.57. The molecule has 0 bridgehead atoms. The van der Waals surface area contributed by atoms with Crippen molar-refractivity contribution in [3.63, 3.8) is 0 Å². The van der Waals surface area contributed by atoms with E-state index in [1.54, 1.807) is 18.2 Å². The SMILES string of the molecule is N[C@@H](c1c[nH]c2cc(Br)ccc12)C(F)(F)F. The van der Waals surface area contributed by atoms with Crippen molar-refractivity contribution in [2.24, 2.45) is 5.73 Å². The number of nitrogens with two attached hydrogens (primary N) is 1. The Bertz CT molecular complexity index is 518. The lowest BCUT2D eigenvalue weighted by Gasteiger charge is -2.14.